The summed E-state index contributed by atoms with van der Waals surface area (Å²) in [6.07, 6.45) is 0. The molecule has 2 amide bonds. The lowest BCUT2D eigenvalue weighted by atomic mass is 10.2. The van der Waals surface area contributed by atoms with E-state index in [0.717, 1.165) is 12.1 Å². The van der Waals surface area contributed by atoms with Crippen LogP contribution < -0.4 is 10.6 Å². The van der Waals surface area contributed by atoms with Gasteiger partial charge < -0.3 is 15.7 Å². The summed E-state index contributed by atoms with van der Waals surface area (Å²) < 4.78 is 13.0. The van der Waals surface area contributed by atoms with E-state index in [2.05, 4.69) is 10.6 Å². The van der Waals surface area contributed by atoms with Crippen molar-refractivity contribution in [3.63, 3.8) is 0 Å². The minimum Gasteiger partial charge on any atom is -0.478 e. The summed E-state index contributed by atoms with van der Waals surface area (Å²) in [6, 6.07) is 4.24. The number of amides is 2. The van der Waals surface area contributed by atoms with Crippen molar-refractivity contribution >= 4 is 34.7 Å². The highest BCUT2D eigenvalue weighted by atomic mass is 32.1. The zero-order valence-electron chi connectivity index (χ0n) is 9.51. The van der Waals surface area contributed by atoms with Crippen molar-refractivity contribution in [3.05, 3.63) is 46.4 Å². The van der Waals surface area contributed by atoms with Gasteiger partial charge in [-0.2, -0.15) is 11.3 Å². The first-order valence-electron chi connectivity index (χ1n) is 5.19. The van der Waals surface area contributed by atoms with E-state index >= 15 is 0 Å². The van der Waals surface area contributed by atoms with Gasteiger partial charge in [0.2, 0.25) is 0 Å². The van der Waals surface area contributed by atoms with Gasteiger partial charge in [0.15, 0.2) is 0 Å². The molecule has 0 saturated carbocycles. The minimum atomic E-state index is -1.31. The largest absolute Gasteiger partial charge is 0.478 e. The molecule has 0 spiro atoms. The third-order valence-corrected chi connectivity index (χ3v) is 2.92. The normalized spacial score (nSPS) is 9.95. The number of carbonyl (C=O) groups is 2. The molecule has 3 N–H and O–H groups in total. The predicted octanol–water partition coefficient (Wildman–Crippen LogP) is 3.23. The Balaban J connectivity index is 2.14. The van der Waals surface area contributed by atoms with Crippen LogP contribution in [0, 0.1) is 5.82 Å². The quantitative estimate of drug-likeness (QED) is 0.807. The van der Waals surface area contributed by atoms with Crippen LogP contribution in [-0.2, 0) is 0 Å². The Bertz CT molecular complexity index is 613. The second-order valence-corrected chi connectivity index (χ2v) is 4.37. The zero-order valence-corrected chi connectivity index (χ0v) is 10.3. The Labute approximate surface area is 111 Å². The number of nitrogens with one attached hydrogen (secondary N) is 2. The molecule has 0 aliphatic carbocycles. The van der Waals surface area contributed by atoms with Gasteiger partial charge in [-0.05, 0) is 29.6 Å². The number of carboxylic acids is 1. The molecule has 2 rings (SSSR count). The van der Waals surface area contributed by atoms with Crippen molar-refractivity contribution < 1.29 is 19.1 Å². The molecule has 5 nitrogen and oxygen atoms in total. The lowest BCUT2D eigenvalue weighted by Crippen LogP contribution is -2.20. The monoisotopic (exact) mass is 280 g/mol. The van der Waals surface area contributed by atoms with Gasteiger partial charge in [-0.3, -0.25) is 0 Å². The predicted molar refractivity (Wildman–Crippen MR) is 70.3 cm³/mol. The van der Waals surface area contributed by atoms with Gasteiger partial charge in [-0.15, -0.1) is 0 Å². The fourth-order valence-corrected chi connectivity index (χ4v) is 2.01. The molecular formula is C12H9FN2O3S. The number of aromatic carboxylic acids is 1. The number of halogens is 1. The average molecular weight is 280 g/mol. The van der Waals surface area contributed by atoms with Crippen LogP contribution in [0.5, 0.6) is 0 Å². The first-order valence-corrected chi connectivity index (χ1v) is 6.13. The summed E-state index contributed by atoms with van der Waals surface area (Å²) in [6.45, 7) is 0. The summed E-state index contributed by atoms with van der Waals surface area (Å²) in [5.74, 6) is -1.99. The topological polar surface area (TPSA) is 78.4 Å². The lowest BCUT2D eigenvalue weighted by molar-refractivity contribution is 0.0697. The third-order valence-electron chi connectivity index (χ3n) is 2.24. The fraction of sp³-hybridized carbons (Fsp3) is 0. The van der Waals surface area contributed by atoms with E-state index in [1.165, 1.54) is 17.4 Å². The average Bonchev–Trinajstić information content (AvgIpc) is 2.83. The minimum absolute atomic E-state index is 0.0293. The van der Waals surface area contributed by atoms with Gasteiger partial charge in [0.1, 0.15) is 5.82 Å². The van der Waals surface area contributed by atoms with Crippen LogP contribution in [0.1, 0.15) is 10.4 Å². The summed E-state index contributed by atoms with van der Waals surface area (Å²) in [5.41, 5.74) is 0.323. The Morgan fingerprint density at radius 2 is 2.00 bits per heavy atom. The van der Waals surface area contributed by atoms with Gasteiger partial charge in [0.25, 0.3) is 0 Å². The van der Waals surface area contributed by atoms with Crippen molar-refractivity contribution in [1.82, 2.24) is 0 Å². The van der Waals surface area contributed by atoms with Crippen LogP contribution in [-0.4, -0.2) is 17.1 Å². The molecule has 98 valence electrons. The summed E-state index contributed by atoms with van der Waals surface area (Å²) in [4.78, 5) is 22.6. The maximum absolute atomic E-state index is 13.0. The van der Waals surface area contributed by atoms with Gasteiger partial charge in [0, 0.05) is 5.38 Å². The van der Waals surface area contributed by atoms with Crippen LogP contribution in [0.4, 0.5) is 20.6 Å². The fourth-order valence-electron chi connectivity index (χ4n) is 1.42. The first-order chi connectivity index (χ1) is 9.06. The van der Waals surface area contributed by atoms with E-state index in [9.17, 15) is 14.0 Å². The molecule has 0 saturated heterocycles. The van der Waals surface area contributed by atoms with E-state index < -0.39 is 17.8 Å². The van der Waals surface area contributed by atoms with Crippen molar-refractivity contribution in [1.29, 1.82) is 0 Å². The number of anilines is 2. The molecule has 0 aliphatic rings. The molecule has 0 fully saturated rings. The van der Waals surface area contributed by atoms with E-state index in [0.29, 0.717) is 5.69 Å². The van der Waals surface area contributed by atoms with E-state index in [-0.39, 0.29) is 11.3 Å². The highest BCUT2D eigenvalue weighted by Gasteiger charge is 2.13. The Kier molecular flexibility index (Phi) is 3.76. The highest BCUT2D eigenvalue weighted by Crippen LogP contribution is 2.18. The number of hydrogen-bond acceptors (Lipinski definition) is 3. The number of rotatable bonds is 3. The molecule has 7 heteroatoms. The zero-order chi connectivity index (χ0) is 13.8. The molecule has 0 unspecified atom stereocenters. The van der Waals surface area contributed by atoms with Gasteiger partial charge in [-0.25, -0.2) is 14.0 Å². The van der Waals surface area contributed by atoms with Gasteiger partial charge in [0.05, 0.1) is 16.9 Å². The third kappa shape index (κ3) is 3.29. The summed E-state index contributed by atoms with van der Waals surface area (Å²) in [7, 11) is 0. The number of thiophene rings is 1. The molecule has 0 aliphatic heterocycles. The van der Waals surface area contributed by atoms with Gasteiger partial charge >= 0.3 is 12.0 Å². The Hall–Kier alpha value is -2.41. The van der Waals surface area contributed by atoms with Gasteiger partial charge in [-0.1, -0.05) is 0 Å². The van der Waals surface area contributed by atoms with E-state index in [4.69, 9.17) is 5.11 Å². The number of carbonyl (C=O) groups excluding carboxylic acids is 1. The number of benzene rings is 1. The molecular weight excluding hydrogens is 271 g/mol. The molecule has 2 aromatic rings. The highest BCUT2D eigenvalue weighted by molar-refractivity contribution is 7.08. The van der Waals surface area contributed by atoms with Crippen molar-refractivity contribution in [2.45, 2.75) is 0 Å². The molecule has 1 aromatic carbocycles. The second-order valence-electron chi connectivity index (χ2n) is 3.59. The van der Waals surface area contributed by atoms with Crippen molar-refractivity contribution in [2.75, 3.05) is 10.6 Å². The number of carboxylic acid groups (broad SMARTS) is 1. The molecule has 0 radical (unpaired) electrons. The van der Waals surface area contributed by atoms with Crippen LogP contribution in [0.3, 0.4) is 0 Å². The molecule has 0 atom stereocenters. The SMILES string of the molecule is O=C(Nc1ccsc1)Nc1ccc(F)cc1C(=O)O. The maximum atomic E-state index is 13.0. The first kappa shape index (κ1) is 13.0. The number of urea groups is 1. The van der Waals surface area contributed by atoms with E-state index in [1.807, 2.05) is 0 Å². The van der Waals surface area contributed by atoms with E-state index in [1.54, 1.807) is 16.8 Å². The summed E-state index contributed by atoms with van der Waals surface area (Å²) >= 11 is 1.41. The van der Waals surface area contributed by atoms with Crippen LogP contribution in [0.25, 0.3) is 0 Å². The van der Waals surface area contributed by atoms with Crippen molar-refractivity contribution in [2.24, 2.45) is 0 Å². The molecule has 1 aromatic heterocycles. The molecule has 0 bridgehead atoms. The Morgan fingerprint density at radius 1 is 1.21 bits per heavy atom. The number of hydrogen-bond donors (Lipinski definition) is 3. The van der Waals surface area contributed by atoms with Crippen LogP contribution in [0.2, 0.25) is 0 Å². The standard InChI is InChI=1S/C12H9FN2O3S/c13-7-1-2-10(9(5-7)11(16)17)15-12(18)14-8-3-4-19-6-8/h1-6H,(H,16,17)(H2,14,15,18). The van der Waals surface area contributed by atoms with Crippen molar-refractivity contribution in [3.8, 4) is 0 Å². The maximum Gasteiger partial charge on any atom is 0.337 e. The molecule has 1 heterocycles. The smallest absolute Gasteiger partial charge is 0.337 e. The second kappa shape index (κ2) is 5.49. The molecule has 19 heavy (non-hydrogen) atoms. The van der Waals surface area contributed by atoms with Crippen LogP contribution in [0.15, 0.2) is 35.0 Å². The lowest BCUT2D eigenvalue weighted by Gasteiger charge is -2.09. The van der Waals surface area contributed by atoms with Crippen LogP contribution >= 0.6 is 11.3 Å². The Morgan fingerprint density at radius 3 is 2.63 bits per heavy atom. The summed E-state index contributed by atoms with van der Waals surface area (Å²) in [5, 5.41) is 17.3.